The predicted octanol–water partition coefficient (Wildman–Crippen LogP) is 2.30. The standard InChI is InChI=1S/C12H21F3N2O/c1-11(2,16)6-5-10(18)17-7-3-4-9(8-17)12(13,14)15/h9H,3-8,16H2,1-2H3. The summed E-state index contributed by atoms with van der Waals surface area (Å²) in [6.45, 7) is 3.83. The third-order valence-electron chi connectivity index (χ3n) is 3.22. The summed E-state index contributed by atoms with van der Waals surface area (Å²) in [7, 11) is 0. The minimum atomic E-state index is -4.20. The van der Waals surface area contributed by atoms with Crippen LogP contribution in [0.5, 0.6) is 0 Å². The first kappa shape index (κ1) is 15.3. The maximum absolute atomic E-state index is 12.6. The lowest BCUT2D eigenvalue weighted by Gasteiger charge is -2.34. The molecule has 0 aromatic heterocycles. The number of carbonyl (C=O) groups is 1. The minimum absolute atomic E-state index is 0.121. The van der Waals surface area contributed by atoms with E-state index in [1.165, 1.54) is 4.90 Å². The van der Waals surface area contributed by atoms with Crippen LogP contribution in [-0.4, -0.2) is 35.6 Å². The second-order valence-corrected chi connectivity index (χ2v) is 5.71. The number of nitrogens with two attached hydrogens (primary N) is 1. The molecule has 3 nitrogen and oxygen atoms in total. The average Bonchev–Trinajstić information content (AvgIpc) is 2.24. The molecule has 1 aliphatic heterocycles. The highest BCUT2D eigenvalue weighted by atomic mass is 19.4. The van der Waals surface area contributed by atoms with Crippen LogP contribution in [0.3, 0.4) is 0 Å². The smallest absolute Gasteiger partial charge is 0.342 e. The summed E-state index contributed by atoms with van der Waals surface area (Å²) >= 11 is 0. The zero-order valence-electron chi connectivity index (χ0n) is 10.9. The van der Waals surface area contributed by atoms with Gasteiger partial charge in [0.15, 0.2) is 0 Å². The van der Waals surface area contributed by atoms with Gasteiger partial charge < -0.3 is 10.6 Å². The molecule has 6 heteroatoms. The van der Waals surface area contributed by atoms with E-state index < -0.39 is 17.6 Å². The number of nitrogens with zero attached hydrogens (tertiary/aromatic N) is 1. The van der Waals surface area contributed by atoms with Gasteiger partial charge in [0.25, 0.3) is 0 Å². The van der Waals surface area contributed by atoms with Crippen LogP contribution < -0.4 is 5.73 Å². The SMILES string of the molecule is CC(C)(N)CCC(=O)N1CCCC(C(F)(F)F)C1. The van der Waals surface area contributed by atoms with Gasteiger partial charge in [-0.15, -0.1) is 0 Å². The molecule has 0 bridgehead atoms. The van der Waals surface area contributed by atoms with Gasteiger partial charge in [0.05, 0.1) is 5.92 Å². The quantitative estimate of drug-likeness (QED) is 0.852. The number of piperidine rings is 1. The molecule has 106 valence electrons. The molecule has 2 N–H and O–H groups in total. The van der Waals surface area contributed by atoms with E-state index in [9.17, 15) is 18.0 Å². The topological polar surface area (TPSA) is 46.3 Å². The van der Waals surface area contributed by atoms with E-state index in [4.69, 9.17) is 5.73 Å². The molecule has 1 heterocycles. The molecule has 1 aliphatic rings. The fourth-order valence-electron chi connectivity index (χ4n) is 2.06. The molecule has 0 aromatic carbocycles. The van der Waals surface area contributed by atoms with Gasteiger partial charge in [-0.1, -0.05) is 0 Å². The Bertz CT molecular complexity index is 297. The van der Waals surface area contributed by atoms with Crippen LogP contribution in [0.15, 0.2) is 0 Å². The van der Waals surface area contributed by atoms with Crippen LogP contribution in [0.25, 0.3) is 0 Å². The molecule has 1 rings (SSSR count). The molecule has 0 saturated carbocycles. The highest BCUT2D eigenvalue weighted by Gasteiger charge is 2.42. The lowest BCUT2D eigenvalue weighted by molar-refractivity contribution is -0.188. The van der Waals surface area contributed by atoms with Gasteiger partial charge in [0.1, 0.15) is 0 Å². The number of halogens is 3. The van der Waals surface area contributed by atoms with Gasteiger partial charge in [-0.3, -0.25) is 4.79 Å². The van der Waals surface area contributed by atoms with Gasteiger partial charge in [-0.2, -0.15) is 13.2 Å². The molecule has 1 amide bonds. The summed E-state index contributed by atoms with van der Waals surface area (Å²) in [6.07, 6.45) is -2.96. The maximum atomic E-state index is 12.6. The van der Waals surface area contributed by atoms with Gasteiger partial charge in [0.2, 0.25) is 5.91 Å². The Labute approximate surface area is 106 Å². The van der Waals surface area contributed by atoms with Crippen LogP contribution in [0.4, 0.5) is 13.2 Å². The average molecular weight is 266 g/mol. The molecule has 1 atom stereocenters. The van der Waals surface area contributed by atoms with E-state index in [0.717, 1.165) is 0 Å². The second-order valence-electron chi connectivity index (χ2n) is 5.71. The Morgan fingerprint density at radius 3 is 2.50 bits per heavy atom. The molecule has 1 unspecified atom stereocenters. The molecule has 0 spiro atoms. The molecular formula is C12H21F3N2O. The van der Waals surface area contributed by atoms with Crippen molar-refractivity contribution < 1.29 is 18.0 Å². The zero-order valence-corrected chi connectivity index (χ0v) is 10.9. The van der Waals surface area contributed by atoms with Crippen LogP contribution in [-0.2, 0) is 4.79 Å². The Kier molecular flexibility index (Phi) is 4.64. The summed E-state index contributed by atoms with van der Waals surface area (Å²) in [4.78, 5) is 13.1. The first-order valence-corrected chi connectivity index (χ1v) is 6.23. The van der Waals surface area contributed by atoms with Crippen molar-refractivity contribution in [1.29, 1.82) is 0 Å². The normalized spacial score (nSPS) is 22.1. The van der Waals surface area contributed by atoms with E-state index >= 15 is 0 Å². The van der Waals surface area contributed by atoms with E-state index in [1.54, 1.807) is 13.8 Å². The van der Waals surface area contributed by atoms with Crippen molar-refractivity contribution in [1.82, 2.24) is 4.90 Å². The first-order valence-electron chi connectivity index (χ1n) is 6.23. The minimum Gasteiger partial charge on any atom is -0.342 e. The van der Waals surface area contributed by atoms with Crippen LogP contribution >= 0.6 is 0 Å². The van der Waals surface area contributed by atoms with Crippen molar-refractivity contribution in [2.45, 2.75) is 51.2 Å². The van der Waals surface area contributed by atoms with Gasteiger partial charge in [-0.05, 0) is 33.1 Å². The van der Waals surface area contributed by atoms with E-state index in [0.29, 0.717) is 19.4 Å². The second kappa shape index (κ2) is 5.47. The molecule has 0 radical (unpaired) electrons. The van der Waals surface area contributed by atoms with Crippen LogP contribution in [0, 0.1) is 5.92 Å². The number of likely N-dealkylation sites (tertiary alicyclic amines) is 1. The van der Waals surface area contributed by atoms with Crippen molar-refractivity contribution in [3.05, 3.63) is 0 Å². The molecule has 0 aliphatic carbocycles. The van der Waals surface area contributed by atoms with E-state index in [-0.39, 0.29) is 25.3 Å². The van der Waals surface area contributed by atoms with Gasteiger partial charge in [-0.25, -0.2) is 0 Å². The fraction of sp³-hybridized carbons (Fsp3) is 0.917. The third-order valence-corrected chi connectivity index (χ3v) is 3.22. The highest BCUT2D eigenvalue weighted by molar-refractivity contribution is 5.76. The Morgan fingerprint density at radius 2 is 2.00 bits per heavy atom. The number of carbonyl (C=O) groups excluding carboxylic acids is 1. The lowest BCUT2D eigenvalue weighted by atomic mass is 9.95. The van der Waals surface area contributed by atoms with Crippen LogP contribution in [0.1, 0.15) is 39.5 Å². The van der Waals surface area contributed by atoms with Gasteiger partial charge in [0, 0.05) is 25.0 Å². The maximum Gasteiger partial charge on any atom is 0.393 e. The van der Waals surface area contributed by atoms with E-state index in [1.807, 2.05) is 0 Å². The third kappa shape index (κ3) is 4.84. The summed E-state index contributed by atoms with van der Waals surface area (Å²) < 4.78 is 37.8. The summed E-state index contributed by atoms with van der Waals surface area (Å²) in [5.41, 5.74) is 5.30. The number of alkyl halides is 3. The van der Waals surface area contributed by atoms with Crippen LogP contribution in [0.2, 0.25) is 0 Å². The summed E-state index contributed by atoms with van der Waals surface area (Å²) in [6, 6.07) is 0. The summed E-state index contributed by atoms with van der Waals surface area (Å²) in [5, 5.41) is 0. The highest BCUT2D eigenvalue weighted by Crippen LogP contribution is 2.33. The zero-order chi connectivity index (χ0) is 14.0. The molecule has 1 fully saturated rings. The van der Waals surface area contributed by atoms with E-state index in [2.05, 4.69) is 0 Å². The number of amides is 1. The van der Waals surface area contributed by atoms with Crippen molar-refractivity contribution in [2.75, 3.05) is 13.1 Å². The number of rotatable bonds is 3. The molecule has 18 heavy (non-hydrogen) atoms. The Morgan fingerprint density at radius 1 is 1.39 bits per heavy atom. The van der Waals surface area contributed by atoms with Crippen molar-refractivity contribution >= 4 is 5.91 Å². The Hall–Kier alpha value is -0.780. The molecule has 1 saturated heterocycles. The summed E-state index contributed by atoms with van der Waals surface area (Å²) in [5.74, 6) is -1.59. The number of hydrogen-bond donors (Lipinski definition) is 1. The van der Waals surface area contributed by atoms with Gasteiger partial charge >= 0.3 is 6.18 Å². The van der Waals surface area contributed by atoms with Crippen molar-refractivity contribution in [3.8, 4) is 0 Å². The molecular weight excluding hydrogens is 245 g/mol. The largest absolute Gasteiger partial charge is 0.393 e. The number of hydrogen-bond acceptors (Lipinski definition) is 2. The lowest BCUT2D eigenvalue weighted by Crippen LogP contribution is -2.45. The Balaban J connectivity index is 2.49. The monoisotopic (exact) mass is 266 g/mol. The first-order chi connectivity index (χ1) is 8.09. The molecule has 0 aromatic rings. The predicted molar refractivity (Wildman–Crippen MR) is 62.9 cm³/mol. The van der Waals surface area contributed by atoms with Crippen molar-refractivity contribution in [2.24, 2.45) is 11.7 Å². The van der Waals surface area contributed by atoms with Crippen molar-refractivity contribution in [3.63, 3.8) is 0 Å². The fourth-order valence-corrected chi connectivity index (χ4v) is 2.06.